The van der Waals surface area contributed by atoms with Gasteiger partial charge in [-0.05, 0) is 11.6 Å². The lowest BCUT2D eigenvalue weighted by Gasteiger charge is -2.15. The van der Waals surface area contributed by atoms with Crippen molar-refractivity contribution < 1.29 is 23.0 Å². The second kappa shape index (κ2) is 8.37. The fraction of sp³-hybridized carbons (Fsp3) is 0.278. The van der Waals surface area contributed by atoms with Gasteiger partial charge in [0.15, 0.2) is 17.5 Å². The molecule has 1 aliphatic rings. The van der Waals surface area contributed by atoms with Crippen LogP contribution < -0.4 is 24.8 Å². The molecule has 0 saturated heterocycles. The summed E-state index contributed by atoms with van der Waals surface area (Å²) in [5, 5.41) is 6.24. The van der Waals surface area contributed by atoms with Gasteiger partial charge in [0.1, 0.15) is 5.75 Å². The monoisotopic (exact) mass is 363 g/mol. The Morgan fingerprint density at radius 2 is 1.81 bits per heavy atom. The lowest BCUT2D eigenvalue weighted by Crippen LogP contribution is -2.36. The van der Waals surface area contributed by atoms with E-state index in [0.29, 0.717) is 29.6 Å². The number of nitrogens with one attached hydrogen (secondary N) is 2. The average molecular weight is 363 g/mol. The molecule has 2 aromatic rings. The summed E-state index contributed by atoms with van der Waals surface area (Å²) in [6, 6.07) is 12.9. The largest absolute Gasteiger partial charge is 0.454 e. The second-order valence-corrected chi connectivity index (χ2v) is 5.46. The zero-order valence-corrected chi connectivity index (χ0v) is 14.2. The van der Waals surface area contributed by atoms with E-state index >= 15 is 0 Å². The van der Waals surface area contributed by atoms with Crippen molar-refractivity contribution in [1.29, 1.82) is 0 Å². The molecule has 138 valence electrons. The number of aliphatic imine (C=N–C) groups is 1. The minimum Gasteiger partial charge on any atom is -0.454 e. The highest BCUT2D eigenvalue weighted by molar-refractivity contribution is 5.79. The van der Waals surface area contributed by atoms with Crippen molar-refractivity contribution in [2.75, 3.05) is 13.8 Å². The minimum absolute atomic E-state index is 0.0373. The molecule has 8 heteroatoms. The predicted octanol–water partition coefficient (Wildman–Crippen LogP) is 2.88. The Kier molecular flexibility index (Phi) is 5.73. The van der Waals surface area contributed by atoms with Crippen LogP contribution in [0.2, 0.25) is 0 Å². The van der Waals surface area contributed by atoms with E-state index in [-0.39, 0.29) is 19.1 Å². The van der Waals surface area contributed by atoms with E-state index in [1.54, 1.807) is 13.1 Å². The van der Waals surface area contributed by atoms with Gasteiger partial charge in [0.25, 0.3) is 0 Å². The molecule has 0 radical (unpaired) electrons. The Morgan fingerprint density at radius 3 is 2.50 bits per heavy atom. The SMILES string of the molecule is CN=C(NCc1ccccc1)NCc1cc2c(cc1OC(F)F)OCO2. The predicted molar refractivity (Wildman–Crippen MR) is 92.7 cm³/mol. The third-order valence-electron chi connectivity index (χ3n) is 3.74. The quantitative estimate of drug-likeness (QED) is 0.610. The minimum atomic E-state index is -2.93. The smallest absolute Gasteiger partial charge is 0.387 e. The molecule has 1 heterocycles. The van der Waals surface area contributed by atoms with E-state index < -0.39 is 6.61 Å². The number of guanidine groups is 1. The molecule has 2 aromatic carbocycles. The molecule has 0 saturated carbocycles. The van der Waals surface area contributed by atoms with Gasteiger partial charge >= 0.3 is 6.61 Å². The zero-order valence-electron chi connectivity index (χ0n) is 14.2. The molecule has 0 fully saturated rings. The first-order valence-corrected chi connectivity index (χ1v) is 8.01. The fourth-order valence-electron chi connectivity index (χ4n) is 2.49. The highest BCUT2D eigenvalue weighted by atomic mass is 19.3. The van der Waals surface area contributed by atoms with Gasteiger partial charge in [-0.2, -0.15) is 8.78 Å². The molecular weight excluding hydrogens is 344 g/mol. The lowest BCUT2D eigenvalue weighted by molar-refractivity contribution is -0.0505. The summed E-state index contributed by atoms with van der Waals surface area (Å²) >= 11 is 0. The number of ether oxygens (including phenoxy) is 3. The number of rotatable bonds is 6. The summed E-state index contributed by atoms with van der Waals surface area (Å²) in [6.45, 7) is -2.06. The van der Waals surface area contributed by atoms with Crippen molar-refractivity contribution in [1.82, 2.24) is 10.6 Å². The van der Waals surface area contributed by atoms with Gasteiger partial charge < -0.3 is 24.8 Å². The second-order valence-electron chi connectivity index (χ2n) is 5.46. The third kappa shape index (κ3) is 4.53. The van der Waals surface area contributed by atoms with Crippen LogP contribution in [0.15, 0.2) is 47.5 Å². The van der Waals surface area contributed by atoms with Crippen LogP contribution in [0, 0.1) is 0 Å². The van der Waals surface area contributed by atoms with Crippen LogP contribution in [-0.4, -0.2) is 26.4 Å². The van der Waals surface area contributed by atoms with Crippen molar-refractivity contribution >= 4 is 5.96 Å². The number of alkyl halides is 2. The number of nitrogens with zero attached hydrogens (tertiary/aromatic N) is 1. The van der Waals surface area contributed by atoms with Gasteiger partial charge in [0.05, 0.1) is 0 Å². The molecule has 0 aromatic heterocycles. The topological polar surface area (TPSA) is 64.1 Å². The van der Waals surface area contributed by atoms with Crippen molar-refractivity contribution in [3.63, 3.8) is 0 Å². The lowest BCUT2D eigenvalue weighted by atomic mass is 10.1. The Bertz CT molecular complexity index is 770. The Morgan fingerprint density at radius 1 is 1.12 bits per heavy atom. The summed E-state index contributed by atoms with van der Waals surface area (Å²) < 4.78 is 40.5. The van der Waals surface area contributed by atoms with Crippen LogP contribution in [0.4, 0.5) is 8.78 Å². The molecule has 1 aliphatic heterocycles. The van der Waals surface area contributed by atoms with Gasteiger partial charge in [-0.1, -0.05) is 30.3 Å². The highest BCUT2D eigenvalue weighted by Crippen LogP contribution is 2.38. The summed E-state index contributed by atoms with van der Waals surface area (Å²) in [5.41, 5.74) is 1.61. The Balaban J connectivity index is 1.65. The van der Waals surface area contributed by atoms with Crippen LogP contribution in [0.3, 0.4) is 0 Å². The van der Waals surface area contributed by atoms with Gasteiger partial charge in [-0.15, -0.1) is 0 Å². The number of fused-ring (bicyclic) bond motifs is 1. The Hall–Kier alpha value is -3.03. The van der Waals surface area contributed by atoms with Crippen molar-refractivity contribution in [3.8, 4) is 17.2 Å². The summed E-state index contributed by atoms with van der Waals surface area (Å²) in [4.78, 5) is 4.13. The number of hydrogen-bond donors (Lipinski definition) is 2. The molecule has 0 bridgehead atoms. The first kappa shape index (κ1) is 17.8. The fourth-order valence-corrected chi connectivity index (χ4v) is 2.49. The molecule has 0 amide bonds. The molecule has 6 nitrogen and oxygen atoms in total. The van der Waals surface area contributed by atoms with Gasteiger partial charge in [0, 0.05) is 31.8 Å². The summed E-state index contributed by atoms with van der Waals surface area (Å²) in [5.74, 6) is 1.46. The van der Waals surface area contributed by atoms with Crippen LogP contribution in [-0.2, 0) is 13.1 Å². The molecule has 0 unspecified atom stereocenters. The molecule has 26 heavy (non-hydrogen) atoms. The maximum Gasteiger partial charge on any atom is 0.387 e. The standard InChI is InChI=1S/C18H19F2N3O3/c1-21-18(22-9-12-5-3-2-4-6-12)23-10-13-7-15-16(25-11-24-15)8-14(13)26-17(19)20/h2-8,17H,9-11H2,1H3,(H2,21,22,23). The normalized spacial score (nSPS) is 13.0. The summed E-state index contributed by atoms with van der Waals surface area (Å²) in [6.07, 6.45) is 0. The highest BCUT2D eigenvalue weighted by Gasteiger charge is 2.20. The third-order valence-corrected chi connectivity index (χ3v) is 3.74. The van der Waals surface area contributed by atoms with Crippen LogP contribution >= 0.6 is 0 Å². The van der Waals surface area contributed by atoms with E-state index in [4.69, 9.17) is 9.47 Å². The van der Waals surface area contributed by atoms with Crippen molar-refractivity contribution in [2.24, 2.45) is 4.99 Å². The molecule has 0 spiro atoms. The first-order valence-electron chi connectivity index (χ1n) is 8.01. The molecule has 0 aliphatic carbocycles. The maximum atomic E-state index is 12.7. The number of hydrogen-bond acceptors (Lipinski definition) is 4. The van der Waals surface area contributed by atoms with Crippen molar-refractivity contribution in [2.45, 2.75) is 19.7 Å². The molecular formula is C18H19F2N3O3. The van der Waals surface area contributed by atoms with E-state index in [2.05, 4.69) is 20.4 Å². The van der Waals surface area contributed by atoms with E-state index in [0.717, 1.165) is 5.56 Å². The van der Waals surface area contributed by atoms with Gasteiger partial charge in [-0.3, -0.25) is 4.99 Å². The van der Waals surface area contributed by atoms with Crippen LogP contribution in [0.25, 0.3) is 0 Å². The molecule has 0 atom stereocenters. The van der Waals surface area contributed by atoms with Crippen LogP contribution in [0.5, 0.6) is 17.2 Å². The van der Waals surface area contributed by atoms with E-state index in [1.807, 2.05) is 30.3 Å². The van der Waals surface area contributed by atoms with Gasteiger partial charge in [-0.25, -0.2) is 0 Å². The van der Waals surface area contributed by atoms with Crippen molar-refractivity contribution in [3.05, 3.63) is 53.6 Å². The summed E-state index contributed by atoms with van der Waals surface area (Å²) in [7, 11) is 1.64. The number of benzene rings is 2. The van der Waals surface area contributed by atoms with Gasteiger partial charge in [0.2, 0.25) is 6.79 Å². The number of halogens is 2. The average Bonchev–Trinajstić information content (AvgIpc) is 3.09. The van der Waals surface area contributed by atoms with E-state index in [9.17, 15) is 8.78 Å². The van der Waals surface area contributed by atoms with Crippen LogP contribution in [0.1, 0.15) is 11.1 Å². The Labute approximate surface area is 149 Å². The molecule has 2 N–H and O–H groups in total. The zero-order chi connectivity index (χ0) is 18.4. The maximum absolute atomic E-state index is 12.7. The van der Waals surface area contributed by atoms with E-state index in [1.165, 1.54) is 6.07 Å². The first-order chi connectivity index (χ1) is 12.7. The molecule has 3 rings (SSSR count).